The molecule has 2 atom stereocenters. The molecule has 0 bridgehead atoms. The molecule has 1 saturated heterocycles. The van der Waals surface area contributed by atoms with Gasteiger partial charge in [0.2, 0.25) is 0 Å². The number of aliphatic carboxylic acids is 1. The van der Waals surface area contributed by atoms with E-state index < -0.39 is 12.0 Å². The van der Waals surface area contributed by atoms with Crippen LogP contribution in [0.25, 0.3) is 0 Å². The number of ether oxygens (including phenoxy) is 2. The predicted octanol–water partition coefficient (Wildman–Crippen LogP) is 2.74. The van der Waals surface area contributed by atoms with Gasteiger partial charge in [-0.3, -0.25) is 14.7 Å². The number of nitrogens with zero attached hydrogens (tertiary/aromatic N) is 2. The maximum absolute atomic E-state index is 11.7. The first kappa shape index (κ1) is 17.2. The summed E-state index contributed by atoms with van der Waals surface area (Å²) in [5.74, 6) is 0.623. The summed E-state index contributed by atoms with van der Waals surface area (Å²) in [5, 5.41) is 9.64. The summed E-state index contributed by atoms with van der Waals surface area (Å²) in [5.41, 5.74) is 1.87. The van der Waals surface area contributed by atoms with Crippen LogP contribution in [0.3, 0.4) is 0 Å². The Hall–Kier alpha value is -2.60. The van der Waals surface area contributed by atoms with Gasteiger partial charge in [0.05, 0.1) is 20.3 Å². The zero-order valence-corrected chi connectivity index (χ0v) is 14.4. The number of pyridine rings is 1. The van der Waals surface area contributed by atoms with Crippen molar-refractivity contribution in [1.29, 1.82) is 0 Å². The molecule has 6 heteroatoms. The van der Waals surface area contributed by atoms with Crippen LogP contribution >= 0.6 is 0 Å². The molecule has 1 aliphatic rings. The molecule has 0 radical (unpaired) electrons. The molecule has 25 heavy (non-hydrogen) atoms. The Morgan fingerprint density at radius 1 is 1.24 bits per heavy atom. The molecule has 0 aliphatic carbocycles. The molecule has 132 valence electrons. The third kappa shape index (κ3) is 3.44. The van der Waals surface area contributed by atoms with Crippen LogP contribution in [0.5, 0.6) is 11.5 Å². The van der Waals surface area contributed by atoms with Gasteiger partial charge in [-0.05, 0) is 48.7 Å². The van der Waals surface area contributed by atoms with Crippen molar-refractivity contribution < 1.29 is 19.4 Å². The normalized spacial score (nSPS) is 18.7. The number of hydrogen-bond acceptors (Lipinski definition) is 5. The number of rotatable bonds is 6. The van der Waals surface area contributed by atoms with Crippen molar-refractivity contribution in [2.45, 2.75) is 24.9 Å². The van der Waals surface area contributed by atoms with E-state index >= 15 is 0 Å². The highest BCUT2D eigenvalue weighted by Gasteiger charge is 2.38. The minimum absolute atomic E-state index is 0.239. The quantitative estimate of drug-likeness (QED) is 0.870. The lowest BCUT2D eigenvalue weighted by Gasteiger charge is -2.32. The van der Waals surface area contributed by atoms with Crippen LogP contribution < -0.4 is 9.47 Å². The fourth-order valence-corrected chi connectivity index (χ4v) is 3.51. The summed E-state index contributed by atoms with van der Waals surface area (Å²) in [6.07, 6.45) is 4.94. The number of benzene rings is 1. The van der Waals surface area contributed by atoms with Gasteiger partial charge in [0.1, 0.15) is 17.5 Å². The lowest BCUT2D eigenvalue weighted by Crippen LogP contribution is -2.39. The van der Waals surface area contributed by atoms with Crippen molar-refractivity contribution in [3.63, 3.8) is 0 Å². The fourth-order valence-electron chi connectivity index (χ4n) is 3.51. The van der Waals surface area contributed by atoms with E-state index in [4.69, 9.17) is 9.47 Å². The minimum atomic E-state index is -0.793. The fraction of sp³-hybridized carbons (Fsp3) is 0.368. The Labute approximate surface area is 147 Å². The average molecular weight is 342 g/mol. The minimum Gasteiger partial charge on any atom is -0.497 e. The average Bonchev–Trinajstić information content (AvgIpc) is 3.12. The summed E-state index contributed by atoms with van der Waals surface area (Å²) in [6, 6.07) is 8.69. The molecule has 1 N–H and O–H groups in total. The molecule has 1 aliphatic heterocycles. The largest absolute Gasteiger partial charge is 0.497 e. The summed E-state index contributed by atoms with van der Waals surface area (Å²) in [4.78, 5) is 17.9. The first-order valence-electron chi connectivity index (χ1n) is 8.26. The topological polar surface area (TPSA) is 71.9 Å². The molecule has 0 spiro atoms. The third-order valence-corrected chi connectivity index (χ3v) is 4.66. The highest BCUT2D eigenvalue weighted by Crippen LogP contribution is 2.40. The predicted molar refractivity (Wildman–Crippen MR) is 93.0 cm³/mol. The number of carboxylic acid groups (broad SMARTS) is 1. The number of hydrogen-bond donors (Lipinski definition) is 1. The van der Waals surface area contributed by atoms with E-state index in [9.17, 15) is 9.90 Å². The molecule has 1 aromatic carbocycles. The van der Waals surface area contributed by atoms with Crippen molar-refractivity contribution in [2.24, 2.45) is 0 Å². The van der Waals surface area contributed by atoms with E-state index in [2.05, 4.69) is 4.98 Å². The van der Waals surface area contributed by atoms with Gasteiger partial charge in [-0.1, -0.05) is 0 Å². The molecule has 0 amide bonds. The monoisotopic (exact) mass is 342 g/mol. The Morgan fingerprint density at radius 3 is 2.64 bits per heavy atom. The number of aromatic nitrogens is 1. The molecular formula is C19H22N2O4. The lowest BCUT2D eigenvalue weighted by molar-refractivity contribution is -0.142. The Kier molecular flexibility index (Phi) is 5.19. The number of carboxylic acids is 1. The second-order valence-corrected chi connectivity index (χ2v) is 6.03. The van der Waals surface area contributed by atoms with E-state index in [0.717, 1.165) is 17.5 Å². The molecule has 1 fully saturated rings. The SMILES string of the molecule is COc1ccc(OC)c(C(c2ccncc2)N2CCCC2C(=O)O)c1. The lowest BCUT2D eigenvalue weighted by atomic mass is 9.96. The molecule has 1 aromatic heterocycles. The second kappa shape index (κ2) is 7.53. The molecule has 2 aromatic rings. The number of methoxy groups -OCH3 is 2. The van der Waals surface area contributed by atoms with Crippen molar-refractivity contribution in [1.82, 2.24) is 9.88 Å². The van der Waals surface area contributed by atoms with Crippen molar-refractivity contribution in [2.75, 3.05) is 20.8 Å². The second-order valence-electron chi connectivity index (χ2n) is 6.03. The third-order valence-electron chi connectivity index (χ3n) is 4.66. The molecule has 0 saturated carbocycles. The maximum atomic E-state index is 11.7. The van der Waals surface area contributed by atoms with E-state index in [-0.39, 0.29) is 6.04 Å². The Bertz CT molecular complexity index is 735. The van der Waals surface area contributed by atoms with Gasteiger partial charge in [-0.15, -0.1) is 0 Å². The Balaban J connectivity index is 2.14. The first-order valence-corrected chi connectivity index (χ1v) is 8.26. The standard InChI is InChI=1S/C19H22N2O4/c1-24-14-5-6-17(25-2)15(12-14)18(13-7-9-20-10-8-13)21-11-3-4-16(21)19(22)23/h5-10,12,16,18H,3-4,11H2,1-2H3,(H,22,23). The first-order chi connectivity index (χ1) is 12.2. The summed E-state index contributed by atoms with van der Waals surface area (Å²) >= 11 is 0. The summed E-state index contributed by atoms with van der Waals surface area (Å²) in [6.45, 7) is 0.713. The number of carbonyl (C=O) groups is 1. The van der Waals surface area contributed by atoms with Crippen molar-refractivity contribution >= 4 is 5.97 Å². The van der Waals surface area contributed by atoms with Crippen LogP contribution in [0.1, 0.15) is 30.0 Å². The van der Waals surface area contributed by atoms with Gasteiger partial charge >= 0.3 is 5.97 Å². The highest BCUT2D eigenvalue weighted by atomic mass is 16.5. The molecular weight excluding hydrogens is 320 g/mol. The van der Waals surface area contributed by atoms with Crippen LogP contribution in [0.4, 0.5) is 0 Å². The Morgan fingerprint density at radius 2 is 2.00 bits per heavy atom. The summed E-state index contributed by atoms with van der Waals surface area (Å²) < 4.78 is 10.9. The van der Waals surface area contributed by atoms with Crippen LogP contribution in [0, 0.1) is 0 Å². The van der Waals surface area contributed by atoms with E-state index in [1.807, 2.05) is 35.2 Å². The zero-order chi connectivity index (χ0) is 17.8. The van der Waals surface area contributed by atoms with E-state index in [0.29, 0.717) is 24.5 Å². The van der Waals surface area contributed by atoms with Gasteiger partial charge in [-0.25, -0.2) is 0 Å². The molecule has 3 rings (SSSR count). The van der Waals surface area contributed by atoms with Gasteiger partial charge < -0.3 is 14.6 Å². The molecule has 2 heterocycles. The van der Waals surface area contributed by atoms with Crippen molar-refractivity contribution in [3.05, 3.63) is 53.9 Å². The van der Waals surface area contributed by atoms with Crippen LogP contribution in [-0.4, -0.2) is 47.8 Å². The maximum Gasteiger partial charge on any atom is 0.320 e. The van der Waals surface area contributed by atoms with Crippen LogP contribution in [0.15, 0.2) is 42.7 Å². The van der Waals surface area contributed by atoms with Gasteiger partial charge in [-0.2, -0.15) is 0 Å². The van der Waals surface area contributed by atoms with Gasteiger partial charge in [0, 0.05) is 24.5 Å². The van der Waals surface area contributed by atoms with Crippen molar-refractivity contribution in [3.8, 4) is 11.5 Å². The highest BCUT2D eigenvalue weighted by molar-refractivity contribution is 5.74. The van der Waals surface area contributed by atoms with E-state index in [1.54, 1.807) is 26.6 Å². The zero-order valence-electron chi connectivity index (χ0n) is 14.4. The van der Waals surface area contributed by atoms with Gasteiger partial charge in [0.25, 0.3) is 0 Å². The van der Waals surface area contributed by atoms with E-state index in [1.165, 1.54) is 0 Å². The summed E-state index contributed by atoms with van der Waals surface area (Å²) in [7, 11) is 3.23. The molecule has 6 nitrogen and oxygen atoms in total. The smallest absolute Gasteiger partial charge is 0.320 e. The van der Waals surface area contributed by atoms with Crippen LogP contribution in [-0.2, 0) is 4.79 Å². The van der Waals surface area contributed by atoms with Crippen LogP contribution in [0.2, 0.25) is 0 Å². The molecule has 2 unspecified atom stereocenters. The number of likely N-dealkylation sites (tertiary alicyclic amines) is 1. The van der Waals surface area contributed by atoms with Gasteiger partial charge in [0.15, 0.2) is 0 Å².